The van der Waals surface area contributed by atoms with Gasteiger partial charge in [-0.2, -0.15) is 0 Å². The first kappa shape index (κ1) is 77.5. The number of esters is 3. The van der Waals surface area contributed by atoms with Crippen molar-refractivity contribution in [2.75, 3.05) is 13.2 Å². The van der Waals surface area contributed by atoms with Crippen molar-refractivity contribution in [3.05, 3.63) is 134 Å². The maximum atomic E-state index is 12.9. The zero-order valence-corrected chi connectivity index (χ0v) is 53.5. The van der Waals surface area contributed by atoms with Gasteiger partial charge in [-0.05, 0) is 116 Å². The van der Waals surface area contributed by atoms with Gasteiger partial charge in [0.2, 0.25) is 0 Å². The molecule has 0 heterocycles. The third-order valence-corrected chi connectivity index (χ3v) is 14.4. The number of carbonyl (C=O) groups excluding carboxylic acids is 3. The van der Waals surface area contributed by atoms with Crippen molar-refractivity contribution < 1.29 is 28.6 Å². The van der Waals surface area contributed by atoms with Crippen molar-refractivity contribution in [3.63, 3.8) is 0 Å². The van der Waals surface area contributed by atoms with Crippen molar-refractivity contribution in [2.45, 2.75) is 316 Å². The molecular formula is C76H126O6. The molecular weight excluding hydrogens is 1010 g/mol. The molecule has 0 spiro atoms. The van der Waals surface area contributed by atoms with Gasteiger partial charge in [-0.25, -0.2) is 0 Å². The summed E-state index contributed by atoms with van der Waals surface area (Å²) in [5, 5.41) is 0. The molecule has 0 saturated heterocycles. The van der Waals surface area contributed by atoms with Crippen LogP contribution in [-0.2, 0) is 28.6 Å². The number of hydrogen-bond acceptors (Lipinski definition) is 6. The number of ether oxygens (including phenoxy) is 3. The van der Waals surface area contributed by atoms with E-state index in [1.165, 1.54) is 135 Å². The van der Waals surface area contributed by atoms with Gasteiger partial charge in [0.15, 0.2) is 6.10 Å². The molecule has 0 amide bonds. The summed E-state index contributed by atoms with van der Waals surface area (Å²) in [6.07, 6.45) is 97.5. The first-order valence-electron chi connectivity index (χ1n) is 34.2. The smallest absolute Gasteiger partial charge is 0.306 e. The minimum Gasteiger partial charge on any atom is -0.462 e. The maximum absolute atomic E-state index is 12.9. The van der Waals surface area contributed by atoms with Gasteiger partial charge in [0.05, 0.1) is 0 Å². The molecule has 0 rings (SSSR count). The average Bonchev–Trinajstić information content (AvgIpc) is 3.48. The van der Waals surface area contributed by atoms with E-state index in [2.05, 4.69) is 154 Å². The molecule has 0 fully saturated rings. The van der Waals surface area contributed by atoms with E-state index in [1.54, 1.807) is 0 Å². The minimum absolute atomic E-state index is 0.0820. The molecule has 0 aliphatic carbocycles. The molecule has 1 atom stereocenters. The van der Waals surface area contributed by atoms with E-state index in [-0.39, 0.29) is 31.1 Å². The highest BCUT2D eigenvalue weighted by Crippen LogP contribution is 2.16. The number of carbonyl (C=O) groups is 3. The Balaban J connectivity index is 4.27. The fraction of sp³-hybridized carbons (Fsp3) is 0.671. The van der Waals surface area contributed by atoms with Crippen LogP contribution in [0.1, 0.15) is 310 Å². The zero-order chi connectivity index (χ0) is 59.2. The Kier molecular flexibility index (Phi) is 65.3. The number of rotatable bonds is 61. The maximum Gasteiger partial charge on any atom is 0.306 e. The highest BCUT2D eigenvalue weighted by molar-refractivity contribution is 5.71. The standard InChI is InChI=1S/C76H126O6/c1-4-7-10-13-16-19-22-24-26-28-30-32-34-36-38-40-42-44-46-48-50-52-54-57-60-63-66-69-75(78)81-72-73(71-80-74(77)68-65-62-59-56-21-18-15-12-9-6-3)82-76(79)70-67-64-61-58-55-53-51-49-47-45-43-41-39-37-35-33-31-29-27-25-23-20-17-14-11-8-5-2/h7-8,10-11,16-17,19-20,24-27,30-33,36-39,42,44,73H,4-6,9,12-15,18,21-23,28-29,34-35,40-41,43,45-72H2,1-3H3/b10-7-,11-8-,19-16-,20-17-,26-24-,27-25-,32-30-,33-31-,38-36-,39-37-,44-42-. The summed E-state index contributed by atoms with van der Waals surface area (Å²) in [5.41, 5.74) is 0. The Hall–Kier alpha value is -4.45. The zero-order valence-electron chi connectivity index (χ0n) is 53.5. The quantitative estimate of drug-likeness (QED) is 0.0261. The van der Waals surface area contributed by atoms with E-state index < -0.39 is 6.10 Å². The Morgan fingerprint density at radius 2 is 0.476 bits per heavy atom. The van der Waals surface area contributed by atoms with Crippen LogP contribution >= 0.6 is 0 Å². The lowest BCUT2D eigenvalue weighted by atomic mass is 10.0. The lowest BCUT2D eigenvalue weighted by molar-refractivity contribution is -0.167. The summed E-state index contributed by atoms with van der Waals surface area (Å²) in [7, 11) is 0. The largest absolute Gasteiger partial charge is 0.462 e. The van der Waals surface area contributed by atoms with Crippen molar-refractivity contribution >= 4 is 17.9 Å². The summed E-state index contributed by atoms with van der Waals surface area (Å²) >= 11 is 0. The van der Waals surface area contributed by atoms with Crippen molar-refractivity contribution in [2.24, 2.45) is 0 Å². The topological polar surface area (TPSA) is 78.9 Å². The summed E-state index contributed by atoms with van der Waals surface area (Å²) in [6.45, 7) is 6.41. The Morgan fingerprint density at radius 1 is 0.256 bits per heavy atom. The second kappa shape index (κ2) is 69.0. The molecule has 0 bridgehead atoms. The Bertz CT molecular complexity index is 1730. The van der Waals surface area contributed by atoms with E-state index in [1.807, 2.05) is 0 Å². The van der Waals surface area contributed by atoms with Gasteiger partial charge in [0.25, 0.3) is 0 Å². The van der Waals surface area contributed by atoms with Crippen molar-refractivity contribution in [1.29, 1.82) is 0 Å². The average molecular weight is 1140 g/mol. The highest BCUT2D eigenvalue weighted by Gasteiger charge is 2.19. The normalized spacial score (nSPS) is 13.0. The molecule has 6 nitrogen and oxygen atoms in total. The lowest BCUT2D eigenvalue weighted by Gasteiger charge is -2.18. The monoisotopic (exact) mass is 1130 g/mol. The van der Waals surface area contributed by atoms with Crippen LogP contribution in [0, 0.1) is 0 Å². The Morgan fingerprint density at radius 3 is 0.744 bits per heavy atom. The third-order valence-electron chi connectivity index (χ3n) is 14.4. The fourth-order valence-electron chi connectivity index (χ4n) is 9.36. The van der Waals surface area contributed by atoms with Crippen LogP contribution in [-0.4, -0.2) is 37.2 Å². The van der Waals surface area contributed by atoms with Gasteiger partial charge in [-0.1, -0.05) is 309 Å². The molecule has 6 heteroatoms. The van der Waals surface area contributed by atoms with Gasteiger partial charge < -0.3 is 14.2 Å². The van der Waals surface area contributed by atoms with Crippen LogP contribution in [0.5, 0.6) is 0 Å². The highest BCUT2D eigenvalue weighted by atomic mass is 16.6. The predicted molar refractivity (Wildman–Crippen MR) is 357 cm³/mol. The van der Waals surface area contributed by atoms with Gasteiger partial charge in [-0.15, -0.1) is 0 Å². The second-order valence-corrected chi connectivity index (χ2v) is 22.3. The van der Waals surface area contributed by atoms with E-state index in [0.717, 1.165) is 135 Å². The van der Waals surface area contributed by atoms with Crippen LogP contribution in [0.2, 0.25) is 0 Å². The molecule has 0 saturated carbocycles. The molecule has 1 unspecified atom stereocenters. The first-order valence-corrected chi connectivity index (χ1v) is 34.2. The van der Waals surface area contributed by atoms with Crippen LogP contribution in [0.4, 0.5) is 0 Å². The van der Waals surface area contributed by atoms with Gasteiger partial charge in [-0.3, -0.25) is 14.4 Å². The molecule has 82 heavy (non-hydrogen) atoms. The molecule has 0 N–H and O–H groups in total. The molecule has 0 aliphatic rings. The van der Waals surface area contributed by atoms with Gasteiger partial charge >= 0.3 is 17.9 Å². The number of hydrogen-bond donors (Lipinski definition) is 0. The molecule has 0 aromatic carbocycles. The molecule has 466 valence electrons. The summed E-state index contributed by atoms with van der Waals surface area (Å²) in [6, 6.07) is 0. The van der Waals surface area contributed by atoms with Crippen molar-refractivity contribution in [1.82, 2.24) is 0 Å². The van der Waals surface area contributed by atoms with E-state index >= 15 is 0 Å². The minimum atomic E-state index is -0.787. The SMILES string of the molecule is CC/C=C\C/C=C\C/C=C\C/C=C\C/C=C\C/C=C\CCCCCCCCCCC(=O)OCC(COC(=O)CCCCCCCCCCCC)OC(=O)CCCCCCCCCCCCC/C=C\C/C=C\C/C=C\C/C=C\C/C=C\CC. The van der Waals surface area contributed by atoms with Gasteiger partial charge in [0, 0.05) is 19.3 Å². The summed E-state index contributed by atoms with van der Waals surface area (Å²) in [5.74, 6) is -0.889. The molecule has 0 aromatic rings. The molecule has 0 aliphatic heterocycles. The second-order valence-electron chi connectivity index (χ2n) is 22.3. The van der Waals surface area contributed by atoms with E-state index in [4.69, 9.17) is 14.2 Å². The van der Waals surface area contributed by atoms with Crippen LogP contribution in [0.15, 0.2) is 134 Å². The third kappa shape index (κ3) is 66.4. The molecule has 0 radical (unpaired) electrons. The summed E-state index contributed by atoms with van der Waals surface area (Å²) < 4.78 is 16.9. The van der Waals surface area contributed by atoms with Crippen molar-refractivity contribution in [3.8, 4) is 0 Å². The van der Waals surface area contributed by atoms with E-state index in [9.17, 15) is 14.4 Å². The number of allylic oxidation sites excluding steroid dienone is 22. The van der Waals surface area contributed by atoms with Crippen LogP contribution < -0.4 is 0 Å². The summed E-state index contributed by atoms with van der Waals surface area (Å²) in [4.78, 5) is 38.3. The van der Waals surface area contributed by atoms with E-state index in [0.29, 0.717) is 19.3 Å². The van der Waals surface area contributed by atoms with Crippen LogP contribution in [0.25, 0.3) is 0 Å². The lowest BCUT2D eigenvalue weighted by Crippen LogP contribution is -2.30. The molecule has 0 aromatic heterocycles. The Labute approximate surface area is 506 Å². The fourth-order valence-corrected chi connectivity index (χ4v) is 9.36. The predicted octanol–water partition coefficient (Wildman–Crippen LogP) is 23.7. The first-order chi connectivity index (χ1) is 40.5. The van der Waals surface area contributed by atoms with Crippen LogP contribution in [0.3, 0.4) is 0 Å². The number of unbranched alkanes of at least 4 members (excludes halogenated alkanes) is 28. The van der Waals surface area contributed by atoms with Gasteiger partial charge in [0.1, 0.15) is 13.2 Å².